The summed E-state index contributed by atoms with van der Waals surface area (Å²) >= 11 is 0. The third kappa shape index (κ3) is 10.3. The molecule has 0 amide bonds. The maximum Gasteiger partial charge on any atom is 0.328 e. The lowest BCUT2D eigenvalue weighted by Gasteiger charge is -2.17. The van der Waals surface area contributed by atoms with E-state index >= 15 is 0 Å². The highest BCUT2D eigenvalue weighted by Crippen LogP contribution is 2.19. The first-order valence-electron chi connectivity index (χ1n) is 14.3. The molecule has 43 heavy (non-hydrogen) atoms. The van der Waals surface area contributed by atoms with Crippen molar-refractivity contribution in [2.24, 2.45) is 0 Å². The first-order valence-corrected chi connectivity index (χ1v) is 14.3. The molecule has 0 spiro atoms. The summed E-state index contributed by atoms with van der Waals surface area (Å²) in [6.45, 7) is 7.62. The molecule has 0 aliphatic heterocycles. The summed E-state index contributed by atoms with van der Waals surface area (Å²) in [5.74, 6) is 1.63. The SMILES string of the molecule is CCCCOc1nc(N)c2[nH]c(=O)n(Cc3ccc(OCCCN(C)CCOc4cccc(CC)c4)nc3)c2n1.O=CO. The monoisotopic (exact) mass is 595 g/mol. The van der Waals surface area contributed by atoms with Gasteiger partial charge in [-0.15, -0.1) is 0 Å². The maximum atomic E-state index is 12.6. The number of hydrogen-bond acceptors (Lipinski definition) is 10. The molecule has 13 heteroatoms. The van der Waals surface area contributed by atoms with Crippen LogP contribution in [-0.4, -0.2) is 80.9 Å². The second-order valence-corrected chi connectivity index (χ2v) is 9.77. The number of ether oxygens (including phenoxy) is 3. The Kier molecular flexibility index (Phi) is 13.3. The first kappa shape index (κ1) is 32.9. The number of nitrogens with one attached hydrogen (secondary N) is 1. The Labute approximate surface area is 250 Å². The topological polar surface area (TPSA) is 171 Å². The minimum Gasteiger partial charge on any atom is -0.492 e. The fraction of sp³-hybridized carbons (Fsp3) is 0.433. The molecule has 0 unspecified atom stereocenters. The van der Waals surface area contributed by atoms with Crippen molar-refractivity contribution in [3.63, 3.8) is 0 Å². The number of rotatable bonds is 16. The van der Waals surface area contributed by atoms with Crippen molar-refractivity contribution in [2.75, 3.05) is 45.7 Å². The molecule has 3 heterocycles. The van der Waals surface area contributed by atoms with Crippen LogP contribution < -0.4 is 25.6 Å². The second kappa shape index (κ2) is 17.3. The van der Waals surface area contributed by atoms with E-state index in [1.165, 1.54) is 10.1 Å². The highest BCUT2D eigenvalue weighted by molar-refractivity contribution is 5.81. The lowest BCUT2D eigenvalue weighted by Crippen LogP contribution is -2.26. The molecular weight excluding hydrogens is 554 g/mol. The van der Waals surface area contributed by atoms with Gasteiger partial charge < -0.3 is 34.9 Å². The molecule has 4 aromatic rings. The predicted octanol–water partition coefficient (Wildman–Crippen LogP) is 3.37. The zero-order valence-electron chi connectivity index (χ0n) is 25.0. The highest BCUT2D eigenvalue weighted by Gasteiger charge is 2.15. The van der Waals surface area contributed by atoms with Crippen molar-refractivity contribution in [1.29, 1.82) is 0 Å². The van der Waals surface area contributed by atoms with E-state index in [1.54, 1.807) is 12.3 Å². The van der Waals surface area contributed by atoms with E-state index in [0.717, 1.165) is 50.1 Å². The largest absolute Gasteiger partial charge is 0.492 e. The lowest BCUT2D eigenvalue weighted by atomic mass is 10.2. The van der Waals surface area contributed by atoms with Gasteiger partial charge in [-0.3, -0.25) is 9.36 Å². The van der Waals surface area contributed by atoms with E-state index in [0.29, 0.717) is 36.9 Å². The number of carboxylic acid groups (broad SMARTS) is 1. The summed E-state index contributed by atoms with van der Waals surface area (Å²) in [7, 11) is 2.07. The summed E-state index contributed by atoms with van der Waals surface area (Å²) in [5.41, 5.74) is 8.60. The van der Waals surface area contributed by atoms with Crippen LogP contribution in [0.25, 0.3) is 11.2 Å². The van der Waals surface area contributed by atoms with Gasteiger partial charge in [-0.2, -0.15) is 9.97 Å². The standard InChI is InChI=1S/C29H39N7O4.CH2O2/c1-4-6-15-40-28-33-26(30)25-27(34-28)36(29(37)32-25)20-22-11-12-24(31-19-22)39-16-8-13-35(3)14-17-38-23-10-7-9-21(5-2)18-23;2-1-3/h7,9-12,18-19H,4-6,8,13-17,20H2,1-3H3,(H,32,37)(H2,30,33,34);1H,(H,2,3). The Balaban J connectivity index is 0.00000162. The van der Waals surface area contributed by atoms with Crippen LogP contribution >= 0.6 is 0 Å². The Bertz CT molecular complexity index is 1470. The average Bonchev–Trinajstić information content (AvgIpc) is 3.32. The van der Waals surface area contributed by atoms with Crippen LogP contribution in [0.4, 0.5) is 5.82 Å². The van der Waals surface area contributed by atoms with Gasteiger partial charge in [-0.1, -0.05) is 38.5 Å². The van der Waals surface area contributed by atoms with Gasteiger partial charge in [0.15, 0.2) is 11.5 Å². The van der Waals surface area contributed by atoms with Crippen LogP contribution in [0.2, 0.25) is 0 Å². The third-order valence-electron chi connectivity index (χ3n) is 6.48. The van der Waals surface area contributed by atoms with E-state index in [2.05, 4.69) is 57.9 Å². The summed E-state index contributed by atoms with van der Waals surface area (Å²) in [5, 5.41) is 6.89. The van der Waals surface area contributed by atoms with Crippen molar-refractivity contribution < 1.29 is 24.1 Å². The van der Waals surface area contributed by atoms with E-state index in [1.807, 2.05) is 18.2 Å². The number of anilines is 1. The van der Waals surface area contributed by atoms with Crippen LogP contribution in [0, 0.1) is 0 Å². The zero-order chi connectivity index (χ0) is 31.0. The number of carbonyl (C=O) groups is 1. The average molecular weight is 596 g/mol. The quantitative estimate of drug-likeness (QED) is 0.128. The Hall–Kier alpha value is -4.65. The van der Waals surface area contributed by atoms with E-state index in [4.69, 9.17) is 29.8 Å². The van der Waals surface area contributed by atoms with Crippen molar-refractivity contribution >= 4 is 23.5 Å². The Morgan fingerprint density at radius 2 is 1.81 bits per heavy atom. The molecule has 0 radical (unpaired) electrons. The van der Waals surface area contributed by atoms with E-state index in [9.17, 15) is 4.79 Å². The molecule has 13 nitrogen and oxygen atoms in total. The molecule has 0 aliphatic rings. The smallest absolute Gasteiger partial charge is 0.328 e. The van der Waals surface area contributed by atoms with Gasteiger partial charge in [0.1, 0.15) is 17.9 Å². The Morgan fingerprint density at radius 3 is 2.53 bits per heavy atom. The predicted molar refractivity (Wildman–Crippen MR) is 164 cm³/mol. The third-order valence-corrected chi connectivity index (χ3v) is 6.48. The summed E-state index contributed by atoms with van der Waals surface area (Å²) in [6.07, 6.45) is 5.42. The van der Waals surface area contributed by atoms with Crippen LogP contribution in [-0.2, 0) is 17.8 Å². The molecule has 232 valence electrons. The molecule has 4 rings (SSSR count). The number of aryl methyl sites for hydroxylation is 1. The zero-order valence-corrected chi connectivity index (χ0v) is 25.0. The lowest BCUT2D eigenvalue weighted by molar-refractivity contribution is -0.122. The molecule has 0 aliphatic carbocycles. The fourth-order valence-electron chi connectivity index (χ4n) is 4.12. The number of nitrogen functional groups attached to an aromatic ring is 1. The second-order valence-electron chi connectivity index (χ2n) is 9.77. The van der Waals surface area contributed by atoms with Gasteiger partial charge in [0.2, 0.25) is 5.88 Å². The normalized spacial score (nSPS) is 10.8. The van der Waals surface area contributed by atoms with Gasteiger partial charge in [0.05, 0.1) is 19.8 Å². The Morgan fingerprint density at radius 1 is 1.02 bits per heavy atom. The van der Waals surface area contributed by atoms with Crippen molar-refractivity contribution in [2.45, 2.75) is 46.1 Å². The van der Waals surface area contributed by atoms with Crippen LogP contribution in [0.15, 0.2) is 47.4 Å². The minimum atomic E-state index is -0.328. The van der Waals surface area contributed by atoms with E-state index < -0.39 is 0 Å². The number of likely N-dealkylation sites (N-methyl/N-ethyl adjacent to an activating group) is 1. The maximum absolute atomic E-state index is 12.6. The number of hydrogen-bond donors (Lipinski definition) is 3. The number of pyridine rings is 1. The molecule has 1 aromatic carbocycles. The molecule has 0 saturated heterocycles. The number of benzene rings is 1. The minimum absolute atomic E-state index is 0.160. The summed E-state index contributed by atoms with van der Waals surface area (Å²) in [4.78, 5) is 38.9. The van der Waals surface area contributed by atoms with Crippen LogP contribution in [0.3, 0.4) is 0 Å². The molecule has 4 N–H and O–H groups in total. The van der Waals surface area contributed by atoms with Gasteiger partial charge in [0.25, 0.3) is 6.47 Å². The number of unbranched alkanes of at least 4 members (excludes halogenated alkanes) is 1. The molecule has 0 saturated carbocycles. The number of aromatic amines is 1. The molecule has 0 bridgehead atoms. The molecule has 0 atom stereocenters. The number of fused-ring (bicyclic) bond motifs is 1. The molecule has 3 aromatic heterocycles. The van der Waals surface area contributed by atoms with Crippen molar-refractivity contribution in [3.05, 3.63) is 64.2 Å². The van der Waals surface area contributed by atoms with Crippen molar-refractivity contribution in [3.8, 4) is 17.6 Å². The van der Waals surface area contributed by atoms with Crippen LogP contribution in [0.5, 0.6) is 17.6 Å². The van der Waals surface area contributed by atoms with Gasteiger partial charge >= 0.3 is 11.7 Å². The number of nitrogens with zero attached hydrogens (tertiary/aromatic N) is 5. The van der Waals surface area contributed by atoms with Gasteiger partial charge in [-0.25, -0.2) is 9.78 Å². The number of H-pyrrole nitrogens is 1. The fourth-order valence-corrected chi connectivity index (χ4v) is 4.12. The summed E-state index contributed by atoms with van der Waals surface area (Å²) in [6, 6.07) is 12.1. The van der Waals surface area contributed by atoms with Crippen molar-refractivity contribution in [1.82, 2.24) is 29.4 Å². The van der Waals surface area contributed by atoms with E-state index in [-0.39, 0.29) is 30.5 Å². The highest BCUT2D eigenvalue weighted by atomic mass is 16.5. The van der Waals surface area contributed by atoms with Gasteiger partial charge in [0, 0.05) is 25.4 Å². The van der Waals surface area contributed by atoms with Gasteiger partial charge in [-0.05, 0) is 49.6 Å². The number of imidazole rings is 1. The number of nitrogens with two attached hydrogens (primary N) is 1. The van der Waals surface area contributed by atoms with Crippen LogP contribution in [0.1, 0.15) is 44.2 Å². The first-order chi connectivity index (χ1) is 20.9. The number of aromatic nitrogens is 5. The molecule has 0 fully saturated rings. The molecular formula is C30H41N7O6. The summed E-state index contributed by atoms with van der Waals surface area (Å²) < 4.78 is 18.8.